The van der Waals surface area contributed by atoms with Gasteiger partial charge in [0.1, 0.15) is 5.84 Å². The molecule has 0 spiro atoms. The summed E-state index contributed by atoms with van der Waals surface area (Å²) >= 11 is 12.2. The highest BCUT2D eigenvalue weighted by Crippen LogP contribution is 2.24. The third-order valence-corrected chi connectivity index (χ3v) is 5.03. The van der Waals surface area contributed by atoms with E-state index in [1.54, 1.807) is 36.5 Å². The van der Waals surface area contributed by atoms with Crippen molar-refractivity contribution in [3.05, 3.63) is 58.3 Å². The molecule has 1 fully saturated rings. The highest BCUT2D eigenvalue weighted by atomic mass is 35.5. The first-order valence-electron chi connectivity index (χ1n) is 8.61. The van der Waals surface area contributed by atoms with Gasteiger partial charge in [0, 0.05) is 29.0 Å². The summed E-state index contributed by atoms with van der Waals surface area (Å²) in [5, 5.41) is 12.5. The molecule has 2 amide bonds. The molecule has 5 nitrogen and oxygen atoms in total. The minimum absolute atomic E-state index is 0.00645. The summed E-state index contributed by atoms with van der Waals surface area (Å²) in [4.78, 5) is 18.3. The first-order valence-corrected chi connectivity index (χ1v) is 9.36. The first kappa shape index (κ1) is 18.7. The fraction of sp³-hybridized carbons (Fsp3) is 0.316. The summed E-state index contributed by atoms with van der Waals surface area (Å²) in [7, 11) is 0. The maximum Gasteiger partial charge on any atom is 0.327 e. The molecule has 0 saturated heterocycles. The zero-order chi connectivity index (χ0) is 18.5. The summed E-state index contributed by atoms with van der Waals surface area (Å²) in [6.45, 7) is 0. The number of rotatable bonds is 3. The van der Waals surface area contributed by atoms with Crippen LogP contribution in [0.3, 0.4) is 0 Å². The average Bonchev–Trinajstić information content (AvgIpc) is 2.64. The molecule has 1 aliphatic rings. The van der Waals surface area contributed by atoms with E-state index in [-0.39, 0.29) is 17.9 Å². The molecule has 3 rings (SSSR count). The van der Waals surface area contributed by atoms with E-state index in [0.717, 1.165) is 25.7 Å². The number of pyridine rings is 1. The standard InChI is InChI=1S/C19H20Cl2N4O/c20-13-6-8-15(9-7-13)25(18(22)16-10-11-23-12-17(16)21)19(26)24-14-4-2-1-3-5-14/h6-12,14,22H,1-5H2,(H,24,26). The van der Waals surface area contributed by atoms with Gasteiger partial charge in [-0.2, -0.15) is 0 Å². The molecule has 1 aromatic carbocycles. The summed E-state index contributed by atoms with van der Waals surface area (Å²) < 4.78 is 0. The van der Waals surface area contributed by atoms with E-state index in [2.05, 4.69) is 10.3 Å². The third kappa shape index (κ3) is 4.34. The molecule has 26 heavy (non-hydrogen) atoms. The number of amides is 2. The molecule has 1 heterocycles. The van der Waals surface area contributed by atoms with Gasteiger partial charge < -0.3 is 5.32 Å². The lowest BCUT2D eigenvalue weighted by Crippen LogP contribution is -2.48. The zero-order valence-electron chi connectivity index (χ0n) is 14.2. The number of carbonyl (C=O) groups excluding carboxylic acids is 1. The minimum Gasteiger partial charge on any atom is -0.335 e. The predicted octanol–water partition coefficient (Wildman–Crippen LogP) is 5.26. The van der Waals surface area contributed by atoms with Crippen molar-refractivity contribution in [2.75, 3.05) is 4.90 Å². The number of urea groups is 1. The molecular weight excluding hydrogens is 371 g/mol. The highest BCUT2D eigenvalue weighted by molar-refractivity contribution is 6.36. The molecule has 0 radical (unpaired) electrons. The summed E-state index contributed by atoms with van der Waals surface area (Å²) in [5.41, 5.74) is 0.996. The van der Waals surface area contributed by atoms with Gasteiger partial charge in [0.2, 0.25) is 0 Å². The molecule has 2 aromatic rings. The van der Waals surface area contributed by atoms with E-state index in [1.807, 2.05) is 0 Å². The van der Waals surface area contributed by atoms with Gasteiger partial charge in [-0.05, 0) is 43.2 Å². The van der Waals surface area contributed by atoms with Crippen LogP contribution in [0.2, 0.25) is 10.0 Å². The van der Waals surface area contributed by atoms with Crippen LogP contribution in [0.4, 0.5) is 10.5 Å². The van der Waals surface area contributed by atoms with Crippen LogP contribution in [0.1, 0.15) is 37.7 Å². The molecule has 1 aliphatic carbocycles. The van der Waals surface area contributed by atoms with E-state index in [9.17, 15) is 4.79 Å². The number of amidine groups is 1. The quantitative estimate of drug-likeness (QED) is 0.553. The van der Waals surface area contributed by atoms with Crippen LogP contribution < -0.4 is 10.2 Å². The number of hydrogen-bond donors (Lipinski definition) is 2. The monoisotopic (exact) mass is 390 g/mol. The minimum atomic E-state index is -0.336. The highest BCUT2D eigenvalue weighted by Gasteiger charge is 2.26. The van der Waals surface area contributed by atoms with Crippen molar-refractivity contribution in [1.29, 1.82) is 5.41 Å². The Hall–Kier alpha value is -2.11. The Kier molecular flexibility index (Phi) is 6.12. The fourth-order valence-corrected chi connectivity index (χ4v) is 3.45. The number of hydrogen-bond acceptors (Lipinski definition) is 3. The summed E-state index contributed by atoms with van der Waals surface area (Å²) in [6, 6.07) is 8.24. The second kappa shape index (κ2) is 8.52. The molecule has 1 saturated carbocycles. The lowest BCUT2D eigenvalue weighted by atomic mass is 9.96. The van der Waals surface area contributed by atoms with Crippen LogP contribution in [-0.2, 0) is 0 Å². The molecule has 0 unspecified atom stereocenters. The Morgan fingerprint density at radius 2 is 1.81 bits per heavy atom. The van der Waals surface area contributed by atoms with Gasteiger partial charge in [-0.25, -0.2) is 9.69 Å². The SMILES string of the molecule is N=C(c1ccncc1Cl)N(C(=O)NC1CCCCC1)c1ccc(Cl)cc1. The fourth-order valence-electron chi connectivity index (χ4n) is 3.11. The van der Waals surface area contributed by atoms with Gasteiger partial charge >= 0.3 is 6.03 Å². The van der Waals surface area contributed by atoms with E-state index in [1.165, 1.54) is 17.5 Å². The molecule has 7 heteroatoms. The molecule has 0 bridgehead atoms. The molecule has 2 N–H and O–H groups in total. The van der Waals surface area contributed by atoms with E-state index in [0.29, 0.717) is 21.3 Å². The molecule has 136 valence electrons. The number of aromatic nitrogens is 1. The largest absolute Gasteiger partial charge is 0.335 e. The number of benzene rings is 1. The van der Waals surface area contributed by atoms with E-state index >= 15 is 0 Å². The zero-order valence-corrected chi connectivity index (χ0v) is 15.7. The summed E-state index contributed by atoms with van der Waals surface area (Å²) in [6.07, 6.45) is 8.36. The lowest BCUT2D eigenvalue weighted by Gasteiger charge is -2.29. The number of nitrogens with one attached hydrogen (secondary N) is 2. The third-order valence-electron chi connectivity index (χ3n) is 4.47. The number of halogens is 2. The van der Waals surface area contributed by atoms with Gasteiger partial charge in [0.25, 0.3) is 0 Å². The van der Waals surface area contributed by atoms with Crippen LogP contribution in [0.15, 0.2) is 42.7 Å². The van der Waals surface area contributed by atoms with Gasteiger partial charge in [0.15, 0.2) is 0 Å². The second-order valence-electron chi connectivity index (χ2n) is 6.30. The van der Waals surface area contributed by atoms with Gasteiger partial charge in [0.05, 0.1) is 10.7 Å². The van der Waals surface area contributed by atoms with Crippen molar-refractivity contribution in [3.8, 4) is 0 Å². The Morgan fingerprint density at radius 1 is 1.12 bits per heavy atom. The van der Waals surface area contributed by atoms with Gasteiger partial charge in [-0.1, -0.05) is 42.5 Å². The van der Waals surface area contributed by atoms with E-state index in [4.69, 9.17) is 28.6 Å². The maximum absolute atomic E-state index is 13.0. The normalized spacial score (nSPS) is 14.7. The van der Waals surface area contributed by atoms with Crippen LogP contribution in [0.25, 0.3) is 0 Å². The maximum atomic E-state index is 13.0. The Balaban J connectivity index is 1.90. The lowest BCUT2D eigenvalue weighted by molar-refractivity contribution is 0.241. The van der Waals surface area contributed by atoms with E-state index < -0.39 is 0 Å². The van der Waals surface area contributed by atoms with Crippen LogP contribution in [-0.4, -0.2) is 22.9 Å². The van der Waals surface area contributed by atoms with Crippen molar-refractivity contribution in [1.82, 2.24) is 10.3 Å². The summed E-state index contributed by atoms with van der Waals surface area (Å²) in [5.74, 6) is -0.00645. The van der Waals surface area contributed by atoms with Crippen molar-refractivity contribution in [2.45, 2.75) is 38.1 Å². The Labute approximate surface area is 162 Å². The Bertz CT molecular complexity index is 788. The Morgan fingerprint density at radius 3 is 2.46 bits per heavy atom. The molecule has 0 atom stereocenters. The predicted molar refractivity (Wildman–Crippen MR) is 105 cm³/mol. The van der Waals surface area contributed by atoms with Gasteiger partial charge in [-0.15, -0.1) is 0 Å². The van der Waals surface area contributed by atoms with Crippen molar-refractivity contribution < 1.29 is 4.79 Å². The van der Waals surface area contributed by atoms with Crippen molar-refractivity contribution >= 4 is 40.8 Å². The number of carbonyl (C=O) groups is 1. The second-order valence-corrected chi connectivity index (χ2v) is 7.14. The topological polar surface area (TPSA) is 69.1 Å². The van der Waals surface area contributed by atoms with Crippen LogP contribution >= 0.6 is 23.2 Å². The molecule has 0 aliphatic heterocycles. The molecule has 1 aromatic heterocycles. The average molecular weight is 391 g/mol. The van der Waals surface area contributed by atoms with Gasteiger partial charge in [-0.3, -0.25) is 10.4 Å². The van der Waals surface area contributed by atoms with Crippen molar-refractivity contribution in [2.24, 2.45) is 0 Å². The number of anilines is 1. The smallest absolute Gasteiger partial charge is 0.327 e. The number of nitrogens with zero attached hydrogens (tertiary/aromatic N) is 2. The van der Waals surface area contributed by atoms with Crippen LogP contribution in [0, 0.1) is 5.41 Å². The molecular formula is C19H20Cl2N4O. The van der Waals surface area contributed by atoms with Crippen LogP contribution in [0.5, 0.6) is 0 Å². The van der Waals surface area contributed by atoms with Crippen molar-refractivity contribution in [3.63, 3.8) is 0 Å². The first-order chi connectivity index (χ1) is 12.6.